The molecule has 7 nitrogen and oxygen atoms in total. The van der Waals surface area contributed by atoms with E-state index in [4.69, 9.17) is 0 Å². The molecule has 1 fully saturated rings. The van der Waals surface area contributed by atoms with Crippen LogP contribution in [0.25, 0.3) is 0 Å². The molecule has 0 atom stereocenters. The van der Waals surface area contributed by atoms with E-state index in [1.54, 1.807) is 0 Å². The van der Waals surface area contributed by atoms with Gasteiger partial charge in [0.15, 0.2) is 0 Å². The van der Waals surface area contributed by atoms with Crippen molar-refractivity contribution in [3.8, 4) is 5.75 Å². The molecule has 2 aromatic rings. The smallest absolute Gasteiger partial charge is 0.406 e. The fourth-order valence-corrected chi connectivity index (χ4v) is 3.27. The largest absolute Gasteiger partial charge is 0.573 e. The molecule has 172 valence electrons. The number of benzene rings is 2. The average Bonchev–Trinajstić information content (AvgIpc) is 2.75. The van der Waals surface area contributed by atoms with Crippen LogP contribution >= 0.6 is 0 Å². The Kier molecular flexibility index (Phi) is 7.57. The van der Waals surface area contributed by atoms with Gasteiger partial charge >= 0.3 is 18.2 Å². The highest BCUT2D eigenvalue weighted by Gasteiger charge is 2.31. The van der Waals surface area contributed by atoms with E-state index in [1.807, 2.05) is 12.1 Å². The van der Waals surface area contributed by atoms with Crippen molar-refractivity contribution in [2.24, 2.45) is 0 Å². The molecule has 0 spiro atoms. The summed E-state index contributed by atoms with van der Waals surface area (Å²) in [5.41, 5.74) is 2.37. The van der Waals surface area contributed by atoms with Crippen LogP contribution in [0.5, 0.6) is 5.75 Å². The molecule has 32 heavy (non-hydrogen) atoms. The fourth-order valence-electron chi connectivity index (χ4n) is 3.27. The zero-order chi connectivity index (χ0) is 23.1. The Balaban J connectivity index is 1.41. The number of carbonyl (C=O) groups excluding carboxylic acids is 2. The monoisotopic (exact) mass is 450 g/mol. The molecule has 2 aromatic carbocycles. The first-order chi connectivity index (χ1) is 15.2. The van der Waals surface area contributed by atoms with Gasteiger partial charge in [-0.2, -0.15) is 0 Å². The molecule has 0 unspecified atom stereocenters. The van der Waals surface area contributed by atoms with E-state index < -0.39 is 23.9 Å². The van der Waals surface area contributed by atoms with Crippen LogP contribution < -0.4 is 20.3 Å². The number of likely N-dealkylation sites (N-methyl/N-ethyl adjacent to an activating group) is 1. The van der Waals surface area contributed by atoms with Crippen LogP contribution in [-0.2, 0) is 16.0 Å². The third-order valence-corrected chi connectivity index (χ3v) is 5.06. The molecule has 1 aliphatic heterocycles. The molecule has 1 aliphatic rings. The first-order valence-corrected chi connectivity index (χ1v) is 10.2. The number of halogens is 3. The Morgan fingerprint density at radius 1 is 0.938 bits per heavy atom. The lowest BCUT2D eigenvalue weighted by molar-refractivity contribution is -0.274. The van der Waals surface area contributed by atoms with Crippen LogP contribution in [0, 0.1) is 0 Å². The maximum Gasteiger partial charge on any atom is 0.573 e. The van der Waals surface area contributed by atoms with E-state index in [9.17, 15) is 22.8 Å². The highest BCUT2D eigenvalue weighted by molar-refractivity contribution is 6.39. The zero-order valence-electron chi connectivity index (χ0n) is 17.6. The third-order valence-electron chi connectivity index (χ3n) is 5.06. The van der Waals surface area contributed by atoms with E-state index in [2.05, 4.69) is 44.4 Å². The molecule has 2 amide bonds. The summed E-state index contributed by atoms with van der Waals surface area (Å²) < 4.78 is 40.3. The summed E-state index contributed by atoms with van der Waals surface area (Å²) >= 11 is 0. The Labute approximate surface area is 184 Å². The van der Waals surface area contributed by atoms with Gasteiger partial charge in [0.05, 0.1) is 0 Å². The molecule has 3 rings (SSSR count). The van der Waals surface area contributed by atoms with Crippen molar-refractivity contribution >= 4 is 23.2 Å². The molecule has 0 bridgehead atoms. The molecular weight excluding hydrogens is 425 g/mol. The van der Waals surface area contributed by atoms with Crippen molar-refractivity contribution in [3.05, 3.63) is 54.1 Å². The second-order valence-electron chi connectivity index (χ2n) is 7.49. The number of rotatable bonds is 6. The van der Waals surface area contributed by atoms with E-state index in [1.165, 1.54) is 12.1 Å². The lowest BCUT2D eigenvalue weighted by Gasteiger charge is -2.34. The summed E-state index contributed by atoms with van der Waals surface area (Å²) in [6, 6.07) is 12.7. The van der Waals surface area contributed by atoms with Gasteiger partial charge in [0.1, 0.15) is 5.75 Å². The van der Waals surface area contributed by atoms with Gasteiger partial charge in [0, 0.05) is 44.1 Å². The van der Waals surface area contributed by atoms with Crippen LogP contribution in [0.15, 0.2) is 48.5 Å². The Hall–Kier alpha value is -3.27. The van der Waals surface area contributed by atoms with Crippen LogP contribution in [0.2, 0.25) is 0 Å². The number of nitrogens with one attached hydrogen (secondary N) is 2. The van der Waals surface area contributed by atoms with Gasteiger partial charge in [0.2, 0.25) is 0 Å². The summed E-state index contributed by atoms with van der Waals surface area (Å²) in [5.74, 6) is -2.15. The number of hydrogen-bond donors (Lipinski definition) is 2. The van der Waals surface area contributed by atoms with Crippen molar-refractivity contribution in [2.75, 3.05) is 50.0 Å². The predicted molar refractivity (Wildman–Crippen MR) is 115 cm³/mol. The van der Waals surface area contributed by atoms with Gasteiger partial charge in [-0.15, -0.1) is 13.2 Å². The van der Waals surface area contributed by atoms with E-state index >= 15 is 0 Å². The van der Waals surface area contributed by atoms with Crippen LogP contribution in [0.1, 0.15) is 5.56 Å². The number of amides is 2. The zero-order valence-corrected chi connectivity index (χ0v) is 17.6. The number of hydrogen-bond acceptors (Lipinski definition) is 5. The lowest BCUT2D eigenvalue weighted by Crippen LogP contribution is -2.44. The molecule has 10 heteroatoms. The van der Waals surface area contributed by atoms with Gasteiger partial charge in [-0.1, -0.05) is 12.1 Å². The Morgan fingerprint density at radius 3 is 2.16 bits per heavy atom. The van der Waals surface area contributed by atoms with Crippen LogP contribution in [0.4, 0.5) is 24.5 Å². The molecule has 0 radical (unpaired) electrons. The fraction of sp³-hybridized carbons (Fsp3) is 0.364. The molecule has 2 N–H and O–H groups in total. The molecule has 1 saturated heterocycles. The van der Waals surface area contributed by atoms with Gasteiger partial charge in [-0.3, -0.25) is 9.59 Å². The number of carbonyl (C=O) groups is 2. The van der Waals surface area contributed by atoms with Crippen molar-refractivity contribution in [2.45, 2.75) is 12.8 Å². The second kappa shape index (κ2) is 10.4. The van der Waals surface area contributed by atoms with Crippen molar-refractivity contribution in [3.63, 3.8) is 0 Å². The minimum atomic E-state index is -4.80. The molecule has 1 heterocycles. The van der Waals surface area contributed by atoms with E-state index in [0.717, 1.165) is 49.6 Å². The van der Waals surface area contributed by atoms with Gasteiger partial charge in [-0.05, 0) is 55.4 Å². The highest BCUT2D eigenvalue weighted by atomic mass is 19.4. The van der Waals surface area contributed by atoms with Crippen molar-refractivity contribution in [1.29, 1.82) is 0 Å². The normalized spacial score (nSPS) is 14.7. The quantitative estimate of drug-likeness (QED) is 0.662. The average molecular weight is 450 g/mol. The minimum absolute atomic E-state index is 0.180. The van der Waals surface area contributed by atoms with Crippen molar-refractivity contribution < 1.29 is 27.5 Å². The summed E-state index contributed by atoms with van der Waals surface area (Å²) in [5, 5.41) is 4.87. The van der Waals surface area contributed by atoms with E-state index in [-0.39, 0.29) is 12.2 Å². The molecular formula is C22H25F3N4O3. The number of nitrogens with zero attached hydrogens (tertiary/aromatic N) is 2. The summed E-state index contributed by atoms with van der Waals surface area (Å²) in [7, 11) is 2.11. The van der Waals surface area contributed by atoms with Gasteiger partial charge < -0.3 is 25.2 Å². The Bertz CT molecular complexity index is 910. The minimum Gasteiger partial charge on any atom is -0.406 e. The number of anilines is 2. The van der Waals surface area contributed by atoms with Gasteiger partial charge in [0.25, 0.3) is 0 Å². The number of ether oxygens (including phenoxy) is 1. The summed E-state index contributed by atoms with van der Waals surface area (Å²) in [6.45, 7) is 4.30. The maximum absolute atomic E-state index is 12.2. The number of piperazine rings is 1. The third kappa shape index (κ3) is 7.16. The maximum atomic E-state index is 12.2. The highest BCUT2D eigenvalue weighted by Crippen LogP contribution is 2.24. The molecule has 0 aliphatic carbocycles. The number of alkyl halides is 3. The molecule has 0 aromatic heterocycles. The Morgan fingerprint density at radius 2 is 1.56 bits per heavy atom. The molecule has 0 saturated carbocycles. The topological polar surface area (TPSA) is 73.9 Å². The first kappa shape index (κ1) is 23.4. The van der Waals surface area contributed by atoms with E-state index in [0.29, 0.717) is 6.42 Å². The van der Waals surface area contributed by atoms with Crippen LogP contribution in [0.3, 0.4) is 0 Å². The first-order valence-electron chi connectivity index (χ1n) is 10.2. The standard InChI is InChI=1S/C22H25F3N4O3/c1-28-12-14-29(15-13-28)18-6-2-16(3-7-18)10-11-26-20(30)21(31)27-17-4-8-19(9-5-17)32-22(23,24)25/h2-9H,10-15H2,1H3,(H,26,30)(H,27,31). The van der Waals surface area contributed by atoms with Crippen LogP contribution in [-0.4, -0.2) is 62.8 Å². The lowest BCUT2D eigenvalue weighted by atomic mass is 10.1. The van der Waals surface area contributed by atoms with Crippen molar-refractivity contribution in [1.82, 2.24) is 10.2 Å². The summed E-state index contributed by atoms with van der Waals surface area (Å²) in [4.78, 5) is 28.6. The second-order valence-corrected chi connectivity index (χ2v) is 7.49. The summed E-state index contributed by atoms with van der Waals surface area (Å²) in [6.07, 6.45) is -4.24. The predicted octanol–water partition coefficient (Wildman–Crippen LogP) is 2.63. The van der Waals surface area contributed by atoms with Gasteiger partial charge in [-0.25, -0.2) is 0 Å². The SMILES string of the molecule is CN1CCN(c2ccc(CCNC(=O)C(=O)Nc3ccc(OC(F)(F)F)cc3)cc2)CC1.